The predicted molar refractivity (Wildman–Crippen MR) is 109 cm³/mol. The first-order valence-corrected chi connectivity index (χ1v) is 12.1. The maximum Gasteiger partial charge on any atom is 0.365 e. The number of rotatable bonds is 9. The van der Waals surface area contributed by atoms with Gasteiger partial charge in [-0.3, -0.25) is 9.13 Å². The third kappa shape index (κ3) is 5.34. The van der Waals surface area contributed by atoms with Crippen molar-refractivity contribution < 1.29 is 38.5 Å². The van der Waals surface area contributed by atoms with Gasteiger partial charge in [0.15, 0.2) is 22.8 Å². The van der Waals surface area contributed by atoms with Crippen LogP contribution < -0.4 is 5.73 Å². The molecule has 172 valence electrons. The minimum absolute atomic E-state index is 0.0591. The summed E-state index contributed by atoms with van der Waals surface area (Å²) in [7, 11) is -4.91. The summed E-state index contributed by atoms with van der Waals surface area (Å²) >= 11 is 1.40. The second kappa shape index (κ2) is 9.77. The molecule has 0 saturated carbocycles. The van der Waals surface area contributed by atoms with E-state index in [2.05, 4.69) is 19.7 Å². The fourth-order valence-corrected chi connectivity index (χ4v) is 4.30. The number of nitrogen functional groups attached to an aromatic ring is 1. The summed E-state index contributed by atoms with van der Waals surface area (Å²) in [6.07, 6.45) is -1.10. The van der Waals surface area contributed by atoms with Gasteiger partial charge in [0.2, 0.25) is 0 Å². The molecule has 5 N–H and O–H groups in total. The number of anilines is 1. The Morgan fingerprint density at radius 1 is 1.45 bits per heavy atom. The number of hydrogen-bond donors (Lipinski definition) is 4. The molecule has 0 aromatic carbocycles. The molecule has 1 fully saturated rings. The Kier molecular flexibility index (Phi) is 7.52. The van der Waals surface area contributed by atoms with Crippen LogP contribution in [0.3, 0.4) is 0 Å². The van der Waals surface area contributed by atoms with Crippen LogP contribution in [0.4, 0.5) is 5.82 Å². The first-order valence-electron chi connectivity index (χ1n) is 9.45. The second-order valence-electron chi connectivity index (χ2n) is 6.63. The molecule has 15 heteroatoms. The summed E-state index contributed by atoms with van der Waals surface area (Å²) in [5.74, 6) is -2.30. The van der Waals surface area contributed by atoms with Gasteiger partial charge >= 0.3 is 13.6 Å². The maximum atomic E-state index is 11.8. The van der Waals surface area contributed by atoms with E-state index < -0.39 is 37.8 Å². The minimum atomic E-state index is -4.91. The number of aliphatic hydroxyl groups excluding tert-OH is 1. The molecular formula is C16H24N5O8PS. The van der Waals surface area contributed by atoms with Gasteiger partial charge in [-0.05, 0) is 12.7 Å². The summed E-state index contributed by atoms with van der Waals surface area (Å²) in [6.45, 7) is 3.05. The van der Waals surface area contributed by atoms with Crippen molar-refractivity contribution >= 4 is 42.3 Å². The van der Waals surface area contributed by atoms with Crippen LogP contribution in [-0.2, 0) is 23.6 Å². The minimum Gasteiger partial charge on any atom is -0.464 e. The Morgan fingerprint density at radius 2 is 2.19 bits per heavy atom. The molecule has 3 heterocycles. The lowest BCUT2D eigenvalue weighted by atomic mass is 10.2. The van der Waals surface area contributed by atoms with Crippen molar-refractivity contribution in [1.29, 1.82) is 0 Å². The number of nitrogens with two attached hydrogens (primary N) is 1. The third-order valence-electron chi connectivity index (χ3n) is 4.37. The number of esters is 1. The van der Waals surface area contributed by atoms with E-state index >= 15 is 0 Å². The molecule has 2 aromatic heterocycles. The van der Waals surface area contributed by atoms with Gasteiger partial charge in [-0.15, -0.1) is 0 Å². The van der Waals surface area contributed by atoms with E-state index in [9.17, 15) is 24.3 Å². The summed E-state index contributed by atoms with van der Waals surface area (Å²) in [5.41, 5.74) is 6.70. The number of hydrogen-bond acceptors (Lipinski definition) is 11. The Labute approximate surface area is 181 Å². The molecule has 0 radical (unpaired) electrons. The number of thioether (sulfide) groups is 1. The van der Waals surface area contributed by atoms with Crippen LogP contribution in [0.25, 0.3) is 11.2 Å². The lowest BCUT2D eigenvalue weighted by Crippen LogP contribution is -2.30. The van der Waals surface area contributed by atoms with Gasteiger partial charge in [0, 0.05) is 6.42 Å². The number of carbonyl (C=O) groups is 1. The van der Waals surface area contributed by atoms with E-state index in [0.29, 0.717) is 16.3 Å². The van der Waals surface area contributed by atoms with Gasteiger partial charge in [0.25, 0.3) is 5.85 Å². The lowest BCUT2D eigenvalue weighted by Gasteiger charge is -2.20. The molecule has 1 aliphatic heterocycles. The van der Waals surface area contributed by atoms with E-state index in [0.717, 1.165) is 5.75 Å². The first-order chi connectivity index (χ1) is 14.7. The molecule has 0 spiro atoms. The highest BCUT2D eigenvalue weighted by molar-refractivity contribution is 7.99. The first kappa shape index (κ1) is 23.9. The van der Waals surface area contributed by atoms with Crippen LogP contribution in [0.5, 0.6) is 0 Å². The standard InChI is InChI=1S/C16H24N5O8PS/c1-3-27-14(23)15(30(24,25)26)28-6-8-5-9(22)13(29-8)21-7-18-10-11(17)19-16(31-4-2)20-12(10)21/h7-9,13,15,22H,3-6H2,1-2H3,(H2,17,19,20)(H2,24,25,26). The smallest absolute Gasteiger partial charge is 0.365 e. The summed E-state index contributed by atoms with van der Waals surface area (Å²) in [5, 5.41) is 11.0. The average molecular weight is 477 g/mol. The van der Waals surface area contributed by atoms with Gasteiger partial charge in [0.05, 0.1) is 25.6 Å². The number of nitrogens with zero attached hydrogens (tertiary/aromatic N) is 4. The fourth-order valence-electron chi connectivity index (χ4n) is 3.10. The molecule has 0 aliphatic carbocycles. The van der Waals surface area contributed by atoms with Gasteiger partial charge in [-0.2, -0.15) is 0 Å². The number of imidazole rings is 1. The highest BCUT2D eigenvalue weighted by atomic mass is 32.2. The Bertz CT molecular complexity index is 984. The highest BCUT2D eigenvalue weighted by Crippen LogP contribution is 2.43. The molecule has 13 nitrogen and oxygen atoms in total. The van der Waals surface area contributed by atoms with Crippen LogP contribution in [0, 0.1) is 0 Å². The predicted octanol–water partition coefficient (Wildman–Crippen LogP) is 0.252. The molecule has 0 amide bonds. The van der Waals surface area contributed by atoms with Crippen molar-refractivity contribution in [3.05, 3.63) is 6.33 Å². The Balaban J connectivity index is 1.75. The molecule has 1 saturated heterocycles. The molecule has 31 heavy (non-hydrogen) atoms. The maximum absolute atomic E-state index is 11.8. The SMILES string of the molecule is CCOC(=O)C(OCC1CC(O)C(n2cnc3c(N)nc(SCC)nc32)O1)P(=O)(O)O. The van der Waals surface area contributed by atoms with Gasteiger partial charge in [0.1, 0.15) is 11.6 Å². The zero-order valence-corrected chi connectivity index (χ0v) is 18.5. The van der Waals surface area contributed by atoms with Crippen molar-refractivity contribution in [3.8, 4) is 0 Å². The van der Waals surface area contributed by atoms with Crippen LogP contribution in [-0.4, -0.2) is 77.4 Å². The molecule has 0 bridgehead atoms. The van der Waals surface area contributed by atoms with Gasteiger partial charge in [-0.25, -0.2) is 19.7 Å². The zero-order valence-electron chi connectivity index (χ0n) is 16.8. The van der Waals surface area contributed by atoms with E-state index in [-0.39, 0.29) is 25.5 Å². The molecule has 2 aromatic rings. The molecule has 4 atom stereocenters. The number of ether oxygens (including phenoxy) is 3. The quantitative estimate of drug-likeness (QED) is 0.166. The largest absolute Gasteiger partial charge is 0.464 e. The topological polar surface area (TPSA) is 192 Å². The number of carbonyl (C=O) groups excluding carboxylic acids is 1. The Morgan fingerprint density at radius 3 is 2.84 bits per heavy atom. The Hall–Kier alpha value is -1.80. The van der Waals surface area contributed by atoms with E-state index in [4.69, 9.17) is 15.2 Å². The fraction of sp³-hybridized carbons (Fsp3) is 0.625. The lowest BCUT2D eigenvalue weighted by molar-refractivity contribution is -0.154. The third-order valence-corrected chi connectivity index (χ3v) is 6.07. The van der Waals surface area contributed by atoms with Crippen molar-refractivity contribution in [2.24, 2.45) is 0 Å². The normalized spacial score (nSPS) is 22.7. The van der Waals surface area contributed by atoms with E-state index in [1.807, 2.05) is 6.92 Å². The number of aliphatic hydroxyl groups is 1. The second-order valence-corrected chi connectivity index (χ2v) is 9.51. The monoisotopic (exact) mass is 477 g/mol. The molecular weight excluding hydrogens is 453 g/mol. The zero-order chi connectivity index (χ0) is 22.8. The molecule has 4 unspecified atom stereocenters. The average Bonchev–Trinajstić information content (AvgIpc) is 3.24. The van der Waals surface area contributed by atoms with Crippen molar-refractivity contribution in [2.45, 2.75) is 49.7 Å². The van der Waals surface area contributed by atoms with Crippen molar-refractivity contribution in [1.82, 2.24) is 19.5 Å². The van der Waals surface area contributed by atoms with Crippen LogP contribution >= 0.6 is 19.4 Å². The van der Waals surface area contributed by atoms with E-state index in [1.54, 1.807) is 0 Å². The van der Waals surface area contributed by atoms with Crippen LogP contribution in [0.2, 0.25) is 0 Å². The summed E-state index contributed by atoms with van der Waals surface area (Å²) in [6, 6.07) is 0. The summed E-state index contributed by atoms with van der Waals surface area (Å²) < 4.78 is 28.7. The number of fused-ring (bicyclic) bond motifs is 1. The van der Waals surface area contributed by atoms with Gasteiger partial charge < -0.3 is 34.8 Å². The van der Waals surface area contributed by atoms with Crippen LogP contribution in [0.15, 0.2) is 11.5 Å². The van der Waals surface area contributed by atoms with E-state index in [1.165, 1.54) is 29.6 Å². The van der Waals surface area contributed by atoms with Gasteiger partial charge in [-0.1, -0.05) is 18.7 Å². The summed E-state index contributed by atoms with van der Waals surface area (Å²) in [4.78, 5) is 43.3. The van der Waals surface area contributed by atoms with Crippen LogP contribution in [0.1, 0.15) is 26.5 Å². The highest BCUT2D eigenvalue weighted by Gasteiger charge is 2.41. The van der Waals surface area contributed by atoms with Crippen molar-refractivity contribution in [3.63, 3.8) is 0 Å². The number of aromatic nitrogens is 4. The van der Waals surface area contributed by atoms with Crippen molar-refractivity contribution in [2.75, 3.05) is 24.7 Å². The molecule has 1 aliphatic rings. The molecule has 3 rings (SSSR count).